The Morgan fingerprint density at radius 3 is 2.17 bits per heavy atom. The smallest absolute Gasteiger partial charge is 0.407 e. The van der Waals surface area contributed by atoms with Crippen LogP contribution in [0.3, 0.4) is 0 Å². The van der Waals surface area contributed by atoms with Crippen LogP contribution in [0, 0.1) is 11.8 Å². The molecule has 1 aliphatic heterocycles. The first-order valence-corrected chi connectivity index (χ1v) is 12.0. The van der Waals surface area contributed by atoms with E-state index in [9.17, 15) is 19.5 Å². The van der Waals surface area contributed by atoms with Crippen LogP contribution in [-0.2, 0) is 19.1 Å². The Kier molecular flexibility index (Phi) is 7.12. The number of rotatable bonds is 8. The van der Waals surface area contributed by atoms with Gasteiger partial charge in [0, 0.05) is 25.0 Å². The largest absolute Gasteiger partial charge is 0.479 e. The van der Waals surface area contributed by atoms with Crippen LogP contribution in [0.1, 0.15) is 44.2 Å². The zero-order valence-electron chi connectivity index (χ0n) is 20.2. The first kappa shape index (κ1) is 24.7. The van der Waals surface area contributed by atoms with Crippen LogP contribution in [0.5, 0.6) is 0 Å². The van der Waals surface area contributed by atoms with E-state index in [1.807, 2.05) is 50.2 Å². The minimum absolute atomic E-state index is 0.0644. The SMILES string of the molecule is CC(C)C(C(=O)NC1(C(=O)O)CCOC1)C(C)NC(=O)OCC1c2ccccc2-c2ccccc21. The second-order valence-corrected chi connectivity index (χ2v) is 9.71. The molecule has 186 valence electrons. The Morgan fingerprint density at radius 2 is 1.66 bits per heavy atom. The van der Waals surface area contributed by atoms with Gasteiger partial charge in [0.1, 0.15) is 6.61 Å². The van der Waals surface area contributed by atoms with Gasteiger partial charge in [0.05, 0.1) is 12.5 Å². The highest BCUT2D eigenvalue weighted by Gasteiger charge is 2.46. The monoisotopic (exact) mass is 480 g/mol. The van der Waals surface area contributed by atoms with Crippen LogP contribution in [0.2, 0.25) is 0 Å². The summed E-state index contributed by atoms with van der Waals surface area (Å²) in [5.74, 6) is -2.41. The number of aliphatic carboxylic acids is 1. The summed E-state index contributed by atoms with van der Waals surface area (Å²) in [6.45, 7) is 5.81. The van der Waals surface area contributed by atoms with Crippen molar-refractivity contribution >= 4 is 18.0 Å². The van der Waals surface area contributed by atoms with E-state index in [0.29, 0.717) is 0 Å². The molecule has 2 amide bonds. The van der Waals surface area contributed by atoms with Crippen LogP contribution in [0.25, 0.3) is 11.1 Å². The molecule has 3 atom stereocenters. The second kappa shape index (κ2) is 10.1. The average molecular weight is 481 g/mol. The number of ether oxygens (including phenoxy) is 2. The number of carboxylic acids is 1. The molecule has 0 bridgehead atoms. The lowest BCUT2D eigenvalue weighted by molar-refractivity contribution is -0.148. The van der Waals surface area contributed by atoms with Crippen molar-refractivity contribution in [2.24, 2.45) is 11.8 Å². The molecule has 35 heavy (non-hydrogen) atoms. The van der Waals surface area contributed by atoms with Crippen molar-refractivity contribution < 1.29 is 29.0 Å². The molecule has 2 aromatic rings. The van der Waals surface area contributed by atoms with E-state index in [2.05, 4.69) is 22.8 Å². The highest BCUT2D eigenvalue weighted by atomic mass is 16.5. The lowest BCUT2D eigenvalue weighted by Crippen LogP contribution is -2.59. The van der Waals surface area contributed by atoms with Gasteiger partial charge in [0.25, 0.3) is 0 Å². The molecule has 0 saturated carbocycles. The van der Waals surface area contributed by atoms with E-state index in [4.69, 9.17) is 9.47 Å². The number of hydrogen-bond donors (Lipinski definition) is 3. The van der Waals surface area contributed by atoms with Gasteiger partial charge in [-0.2, -0.15) is 0 Å². The number of carboxylic acid groups (broad SMARTS) is 1. The Balaban J connectivity index is 1.40. The van der Waals surface area contributed by atoms with E-state index in [0.717, 1.165) is 22.3 Å². The molecule has 8 nitrogen and oxygen atoms in total. The molecule has 1 aliphatic carbocycles. The van der Waals surface area contributed by atoms with E-state index < -0.39 is 35.5 Å². The van der Waals surface area contributed by atoms with Gasteiger partial charge in [-0.05, 0) is 35.1 Å². The van der Waals surface area contributed by atoms with E-state index >= 15 is 0 Å². The van der Waals surface area contributed by atoms with Crippen LogP contribution < -0.4 is 10.6 Å². The Hall–Kier alpha value is -3.39. The molecule has 0 aromatic heterocycles. The highest BCUT2D eigenvalue weighted by Crippen LogP contribution is 2.44. The Labute approximate surface area is 205 Å². The van der Waals surface area contributed by atoms with Gasteiger partial charge >= 0.3 is 12.1 Å². The van der Waals surface area contributed by atoms with Crippen molar-refractivity contribution in [1.29, 1.82) is 0 Å². The zero-order valence-corrected chi connectivity index (χ0v) is 20.2. The fraction of sp³-hybridized carbons (Fsp3) is 0.444. The number of alkyl carbamates (subject to hydrolysis) is 1. The lowest BCUT2D eigenvalue weighted by Gasteiger charge is -2.31. The van der Waals surface area contributed by atoms with Crippen molar-refractivity contribution in [1.82, 2.24) is 10.6 Å². The standard InChI is InChI=1S/C27H32N2O6/c1-16(2)23(24(30)29-27(25(31)32)12-13-34-15-27)17(3)28-26(33)35-14-22-20-10-6-4-8-18(20)19-9-5-7-11-21(19)22/h4-11,16-17,22-23H,12-15H2,1-3H3,(H,28,33)(H,29,30)(H,31,32). The molecule has 4 rings (SSSR count). The summed E-state index contributed by atoms with van der Waals surface area (Å²) in [6, 6.07) is 15.6. The number of fused-ring (bicyclic) bond motifs is 3. The van der Waals surface area contributed by atoms with Gasteiger partial charge in [0.15, 0.2) is 5.54 Å². The van der Waals surface area contributed by atoms with E-state index in [1.165, 1.54) is 0 Å². The molecule has 3 unspecified atom stereocenters. The molecular weight excluding hydrogens is 448 g/mol. The number of carbonyl (C=O) groups is 3. The lowest BCUT2D eigenvalue weighted by atomic mass is 9.87. The van der Waals surface area contributed by atoms with E-state index in [1.54, 1.807) is 6.92 Å². The maximum absolute atomic E-state index is 13.1. The van der Waals surface area contributed by atoms with Crippen molar-refractivity contribution in [2.75, 3.05) is 19.8 Å². The molecule has 0 spiro atoms. The molecule has 3 N–H and O–H groups in total. The third-order valence-corrected chi connectivity index (χ3v) is 7.04. The van der Waals surface area contributed by atoms with Crippen LogP contribution in [0.15, 0.2) is 48.5 Å². The van der Waals surface area contributed by atoms with Crippen LogP contribution in [0.4, 0.5) is 4.79 Å². The van der Waals surface area contributed by atoms with Crippen molar-refractivity contribution in [3.05, 3.63) is 59.7 Å². The van der Waals surface area contributed by atoms with Gasteiger partial charge in [-0.25, -0.2) is 9.59 Å². The van der Waals surface area contributed by atoms with Gasteiger partial charge in [-0.15, -0.1) is 0 Å². The number of carbonyl (C=O) groups excluding carboxylic acids is 2. The molecule has 0 radical (unpaired) electrons. The highest BCUT2D eigenvalue weighted by molar-refractivity contribution is 5.89. The van der Waals surface area contributed by atoms with Crippen LogP contribution >= 0.6 is 0 Å². The second-order valence-electron chi connectivity index (χ2n) is 9.71. The predicted octanol–water partition coefficient (Wildman–Crippen LogP) is 3.55. The van der Waals surface area contributed by atoms with Crippen molar-refractivity contribution in [3.63, 3.8) is 0 Å². The number of amides is 2. The topological polar surface area (TPSA) is 114 Å². The Bertz CT molecular complexity index is 1060. The first-order chi connectivity index (χ1) is 16.7. The molecule has 2 aromatic carbocycles. The number of nitrogens with one attached hydrogen (secondary N) is 2. The van der Waals surface area contributed by atoms with Gasteiger partial charge in [-0.3, -0.25) is 4.79 Å². The number of hydrogen-bond acceptors (Lipinski definition) is 5. The molecule has 1 heterocycles. The summed E-state index contributed by atoms with van der Waals surface area (Å²) in [6.07, 6.45) is -0.414. The minimum atomic E-state index is -1.44. The van der Waals surface area contributed by atoms with Crippen molar-refractivity contribution in [2.45, 2.75) is 44.7 Å². The maximum atomic E-state index is 13.1. The average Bonchev–Trinajstić information content (AvgIpc) is 3.41. The molecule has 8 heteroatoms. The summed E-state index contributed by atoms with van der Waals surface area (Å²) < 4.78 is 10.8. The quantitative estimate of drug-likeness (QED) is 0.533. The summed E-state index contributed by atoms with van der Waals surface area (Å²) in [5, 5.41) is 15.1. The normalized spacial score (nSPS) is 20.6. The Morgan fingerprint density at radius 1 is 1.06 bits per heavy atom. The van der Waals surface area contributed by atoms with Gasteiger partial charge in [-0.1, -0.05) is 62.4 Å². The third-order valence-electron chi connectivity index (χ3n) is 7.04. The summed E-state index contributed by atoms with van der Waals surface area (Å²) in [4.78, 5) is 37.6. The molecule has 2 aliphatic rings. The third kappa shape index (κ3) is 4.89. The first-order valence-electron chi connectivity index (χ1n) is 12.0. The molecule has 1 saturated heterocycles. The maximum Gasteiger partial charge on any atom is 0.407 e. The summed E-state index contributed by atoms with van der Waals surface area (Å²) >= 11 is 0. The molecular formula is C27H32N2O6. The summed E-state index contributed by atoms with van der Waals surface area (Å²) in [7, 11) is 0. The van der Waals surface area contributed by atoms with Gasteiger partial charge < -0.3 is 25.2 Å². The fourth-order valence-corrected chi connectivity index (χ4v) is 5.23. The zero-order chi connectivity index (χ0) is 25.2. The fourth-order valence-electron chi connectivity index (χ4n) is 5.23. The predicted molar refractivity (Wildman–Crippen MR) is 130 cm³/mol. The summed E-state index contributed by atoms with van der Waals surface area (Å²) in [5.41, 5.74) is 3.09. The minimum Gasteiger partial charge on any atom is -0.479 e. The van der Waals surface area contributed by atoms with Gasteiger partial charge in [0.2, 0.25) is 5.91 Å². The number of benzene rings is 2. The molecule has 1 fully saturated rings. The van der Waals surface area contributed by atoms with Crippen LogP contribution in [-0.4, -0.2) is 54.5 Å². The van der Waals surface area contributed by atoms with Crippen molar-refractivity contribution in [3.8, 4) is 11.1 Å². The van der Waals surface area contributed by atoms with E-state index in [-0.39, 0.29) is 38.1 Å².